The molecule has 2 saturated heterocycles. The quantitative estimate of drug-likeness (QED) is 0.638. The molecule has 31 heavy (non-hydrogen) atoms. The first-order valence-corrected chi connectivity index (χ1v) is 10.5. The van der Waals surface area contributed by atoms with Crippen molar-refractivity contribution in [2.75, 3.05) is 26.2 Å². The van der Waals surface area contributed by atoms with Gasteiger partial charge in [-0.3, -0.25) is 14.5 Å². The summed E-state index contributed by atoms with van der Waals surface area (Å²) in [5.74, 6) is 0.0757. The first-order valence-electron chi connectivity index (χ1n) is 10.5. The zero-order valence-corrected chi connectivity index (χ0v) is 18.0. The molecule has 0 saturated carbocycles. The van der Waals surface area contributed by atoms with E-state index < -0.39 is 0 Å². The van der Waals surface area contributed by atoms with Gasteiger partial charge in [0.05, 0.1) is 6.42 Å². The van der Waals surface area contributed by atoms with Gasteiger partial charge < -0.3 is 15.2 Å². The molecule has 2 fully saturated rings. The minimum absolute atomic E-state index is 0. The average Bonchev–Trinajstić information content (AvgIpc) is 3.39. The van der Waals surface area contributed by atoms with Crippen LogP contribution in [0.4, 0.5) is 0 Å². The molecule has 4 heterocycles. The van der Waals surface area contributed by atoms with Crippen LogP contribution in [-0.4, -0.2) is 69.8 Å². The summed E-state index contributed by atoms with van der Waals surface area (Å²) in [6.45, 7) is 3.05. The molecule has 2 N–H and O–H groups in total. The van der Waals surface area contributed by atoms with E-state index in [2.05, 4.69) is 20.2 Å². The maximum atomic E-state index is 13.0. The normalized spacial score (nSPS) is 22.2. The van der Waals surface area contributed by atoms with Crippen LogP contribution in [0.1, 0.15) is 22.3 Å². The van der Waals surface area contributed by atoms with E-state index in [1.165, 1.54) is 0 Å². The lowest BCUT2D eigenvalue weighted by Crippen LogP contribution is -2.57. The number of carbonyl (C=O) groups is 2. The number of aromatic amines is 1. The van der Waals surface area contributed by atoms with Crippen molar-refractivity contribution in [2.45, 2.75) is 24.9 Å². The Morgan fingerprint density at radius 1 is 1.13 bits per heavy atom. The Morgan fingerprint density at radius 2 is 1.97 bits per heavy atom. The van der Waals surface area contributed by atoms with Crippen molar-refractivity contribution in [1.82, 2.24) is 25.1 Å². The second kappa shape index (κ2) is 9.08. The summed E-state index contributed by atoms with van der Waals surface area (Å²) in [6.07, 6.45) is 4.89. The lowest BCUT2D eigenvalue weighted by Gasteiger charge is -2.40. The van der Waals surface area contributed by atoms with Gasteiger partial charge in [-0.15, -0.1) is 12.4 Å². The molecule has 3 unspecified atom stereocenters. The summed E-state index contributed by atoms with van der Waals surface area (Å²) in [4.78, 5) is 37.4. The number of hydrogen-bond acceptors (Lipinski definition) is 4. The van der Waals surface area contributed by atoms with E-state index in [9.17, 15) is 9.59 Å². The van der Waals surface area contributed by atoms with Gasteiger partial charge in [0, 0.05) is 61.6 Å². The number of aromatic nitrogens is 2. The van der Waals surface area contributed by atoms with Gasteiger partial charge in [0.15, 0.2) is 0 Å². The van der Waals surface area contributed by atoms with E-state index in [-0.39, 0.29) is 36.3 Å². The van der Waals surface area contributed by atoms with Crippen molar-refractivity contribution in [3.8, 4) is 0 Å². The number of nitrogens with zero attached hydrogens (tertiary/aromatic N) is 3. The molecule has 3 atom stereocenters. The predicted octanol–water partition coefficient (Wildman–Crippen LogP) is 2.24. The summed E-state index contributed by atoms with van der Waals surface area (Å²) < 4.78 is 0. The summed E-state index contributed by atoms with van der Waals surface area (Å²) in [7, 11) is 0. The number of fused-ring (bicyclic) bond motifs is 3. The molecule has 2 aliphatic rings. The predicted molar refractivity (Wildman–Crippen MR) is 121 cm³/mol. The summed E-state index contributed by atoms with van der Waals surface area (Å²) in [5.41, 5.74) is 2.47. The Morgan fingerprint density at radius 3 is 2.81 bits per heavy atom. The molecule has 8 heteroatoms. The van der Waals surface area contributed by atoms with Crippen LogP contribution in [0.5, 0.6) is 0 Å². The number of rotatable bonds is 5. The van der Waals surface area contributed by atoms with Crippen LogP contribution in [0.15, 0.2) is 54.9 Å². The van der Waals surface area contributed by atoms with Crippen molar-refractivity contribution in [3.63, 3.8) is 0 Å². The van der Waals surface area contributed by atoms with Gasteiger partial charge in [-0.2, -0.15) is 0 Å². The lowest BCUT2D eigenvalue weighted by atomic mass is 10.1. The first kappa shape index (κ1) is 21.3. The highest BCUT2D eigenvalue weighted by molar-refractivity contribution is 5.94. The molecule has 0 spiro atoms. The summed E-state index contributed by atoms with van der Waals surface area (Å²) in [6, 6.07) is 13.7. The van der Waals surface area contributed by atoms with Crippen LogP contribution in [-0.2, 0) is 11.2 Å². The third-order valence-electron chi connectivity index (χ3n) is 6.26. The highest BCUT2D eigenvalue weighted by Gasteiger charge is 2.40. The Kier molecular flexibility index (Phi) is 6.25. The van der Waals surface area contributed by atoms with Gasteiger partial charge in [0.2, 0.25) is 5.91 Å². The number of benzene rings is 1. The molecule has 2 aromatic heterocycles. The number of hydrogen-bond donors (Lipinski definition) is 2. The standard InChI is InChI=1S/C23H25N5O2.ClH/c29-21(11-17-12-26-22-20(17)7-4-9-24-22)25-13-19-15-28(18-8-10-27(19)14-18)23(30)16-5-2-1-3-6-16;/h1-7,9,12,18-19H,8,10-11,13-15H2,(H,24,26)(H,25,29);1H. The molecular weight excluding hydrogens is 414 g/mol. The van der Waals surface area contributed by atoms with Crippen molar-refractivity contribution in [3.05, 3.63) is 66.0 Å². The van der Waals surface area contributed by atoms with Gasteiger partial charge in [0.1, 0.15) is 5.65 Å². The first-order chi connectivity index (χ1) is 14.7. The minimum Gasteiger partial charge on any atom is -0.354 e. The van der Waals surface area contributed by atoms with E-state index in [4.69, 9.17) is 0 Å². The molecular formula is C23H26ClN5O2. The zero-order chi connectivity index (χ0) is 20.5. The molecule has 7 nitrogen and oxygen atoms in total. The molecule has 2 bridgehead atoms. The Hall–Kier alpha value is -2.90. The van der Waals surface area contributed by atoms with Crippen LogP contribution >= 0.6 is 12.4 Å². The van der Waals surface area contributed by atoms with E-state index in [0.717, 1.165) is 41.7 Å². The Bertz CT molecular complexity index is 1070. The van der Waals surface area contributed by atoms with Crippen LogP contribution in [0.25, 0.3) is 11.0 Å². The zero-order valence-electron chi connectivity index (χ0n) is 17.2. The fraction of sp³-hybridized carbons (Fsp3) is 0.348. The van der Waals surface area contributed by atoms with Gasteiger partial charge >= 0.3 is 0 Å². The maximum absolute atomic E-state index is 13.0. The molecule has 2 aliphatic heterocycles. The number of piperazine rings is 1. The highest BCUT2D eigenvalue weighted by Crippen LogP contribution is 2.26. The minimum atomic E-state index is -0.0120. The van der Waals surface area contributed by atoms with Crippen LogP contribution in [0.2, 0.25) is 0 Å². The number of halogens is 1. The van der Waals surface area contributed by atoms with E-state index in [0.29, 0.717) is 19.5 Å². The third-order valence-corrected chi connectivity index (χ3v) is 6.26. The third kappa shape index (κ3) is 4.29. The fourth-order valence-electron chi connectivity index (χ4n) is 4.66. The maximum Gasteiger partial charge on any atom is 0.254 e. The summed E-state index contributed by atoms with van der Waals surface area (Å²) in [5, 5.41) is 4.06. The van der Waals surface area contributed by atoms with E-state index in [1.54, 1.807) is 6.20 Å². The van der Waals surface area contributed by atoms with Gasteiger partial charge in [-0.1, -0.05) is 18.2 Å². The monoisotopic (exact) mass is 439 g/mol. The number of carbonyl (C=O) groups excluding carboxylic acids is 2. The molecule has 0 aliphatic carbocycles. The van der Waals surface area contributed by atoms with Crippen molar-refractivity contribution < 1.29 is 9.59 Å². The van der Waals surface area contributed by atoms with Crippen molar-refractivity contribution >= 4 is 35.3 Å². The molecule has 162 valence electrons. The molecule has 3 aromatic rings. The van der Waals surface area contributed by atoms with Crippen LogP contribution in [0, 0.1) is 0 Å². The van der Waals surface area contributed by atoms with Crippen molar-refractivity contribution in [1.29, 1.82) is 0 Å². The van der Waals surface area contributed by atoms with Crippen molar-refractivity contribution in [2.24, 2.45) is 0 Å². The SMILES string of the molecule is Cl.O=C(Cc1c[nH]c2ncccc12)NCC1CN(C(=O)c2ccccc2)C2CCN1C2. The van der Waals surface area contributed by atoms with E-state index >= 15 is 0 Å². The number of H-pyrrole nitrogens is 1. The topological polar surface area (TPSA) is 81.3 Å². The van der Waals surface area contributed by atoms with Gasteiger partial charge in [-0.05, 0) is 36.2 Å². The number of pyridine rings is 1. The molecule has 5 rings (SSSR count). The fourth-order valence-corrected chi connectivity index (χ4v) is 4.66. The Balaban J connectivity index is 0.00000231. The van der Waals surface area contributed by atoms with Gasteiger partial charge in [-0.25, -0.2) is 4.98 Å². The largest absolute Gasteiger partial charge is 0.354 e. The second-order valence-corrected chi connectivity index (χ2v) is 8.11. The van der Waals surface area contributed by atoms with Gasteiger partial charge in [0.25, 0.3) is 5.91 Å². The number of amides is 2. The molecule has 1 aromatic carbocycles. The summed E-state index contributed by atoms with van der Waals surface area (Å²) >= 11 is 0. The number of nitrogens with one attached hydrogen (secondary N) is 2. The molecule has 2 amide bonds. The smallest absolute Gasteiger partial charge is 0.254 e. The average molecular weight is 440 g/mol. The highest BCUT2D eigenvalue weighted by atomic mass is 35.5. The lowest BCUT2D eigenvalue weighted by molar-refractivity contribution is -0.120. The van der Waals surface area contributed by atoms with E-state index in [1.807, 2.05) is 53.6 Å². The van der Waals surface area contributed by atoms with Crippen LogP contribution < -0.4 is 5.32 Å². The molecule has 0 radical (unpaired) electrons. The van der Waals surface area contributed by atoms with Crippen LogP contribution in [0.3, 0.4) is 0 Å². The second-order valence-electron chi connectivity index (χ2n) is 8.11. The Labute approximate surface area is 187 Å².